The van der Waals surface area contributed by atoms with Gasteiger partial charge in [-0.25, -0.2) is 0 Å². The fourth-order valence-corrected chi connectivity index (χ4v) is 9.15. The topological polar surface area (TPSA) is 78.9 Å². The second-order valence-electron chi connectivity index (χ2n) is 21.3. The molecule has 0 saturated heterocycles. The Morgan fingerprint density at radius 3 is 0.795 bits per heavy atom. The number of carbonyl (C=O) groups is 3. The molecular formula is C67H120O6. The monoisotopic (exact) mass is 1020 g/mol. The Balaban J connectivity index is 4.36. The smallest absolute Gasteiger partial charge is 0.306 e. The van der Waals surface area contributed by atoms with Crippen LogP contribution >= 0.6 is 0 Å². The zero-order valence-electron chi connectivity index (χ0n) is 48.7. The fourth-order valence-electron chi connectivity index (χ4n) is 9.15. The van der Waals surface area contributed by atoms with Gasteiger partial charge in [-0.05, 0) is 109 Å². The molecule has 0 aromatic rings. The minimum Gasteiger partial charge on any atom is -0.462 e. The van der Waals surface area contributed by atoms with Crippen LogP contribution < -0.4 is 0 Å². The Kier molecular flexibility index (Phi) is 59.2. The first-order chi connectivity index (χ1) is 36.0. The minimum absolute atomic E-state index is 0.0787. The SMILES string of the molecule is CCCCC/C=C\C/C=C\CCCCCCCCCC(=O)OC[C@H](COC(=O)CCCCCCCCCCCCC/C=C\CCCCCCCC)OC(=O)CCCCCCCCC/C=C\C/C=C\CCCCC. The van der Waals surface area contributed by atoms with Gasteiger partial charge in [-0.15, -0.1) is 0 Å². The molecule has 0 aromatic carbocycles. The molecule has 73 heavy (non-hydrogen) atoms. The summed E-state index contributed by atoms with van der Waals surface area (Å²) in [5.74, 6) is -0.879. The van der Waals surface area contributed by atoms with E-state index < -0.39 is 6.10 Å². The van der Waals surface area contributed by atoms with Crippen molar-refractivity contribution < 1.29 is 28.6 Å². The van der Waals surface area contributed by atoms with Gasteiger partial charge in [0.05, 0.1) is 0 Å². The van der Waals surface area contributed by atoms with Crippen LogP contribution in [0.5, 0.6) is 0 Å². The molecule has 0 bridgehead atoms. The van der Waals surface area contributed by atoms with Crippen LogP contribution in [-0.2, 0) is 28.6 Å². The van der Waals surface area contributed by atoms with Crippen LogP contribution in [0.4, 0.5) is 0 Å². The van der Waals surface area contributed by atoms with E-state index in [0.29, 0.717) is 19.3 Å². The van der Waals surface area contributed by atoms with E-state index in [2.05, 4.69) is 81.5 Å². The van der Waals surface area contributed by atoms with Crippen molar-refractivity contribution in [3.8, 4) is 0 Å². The first-order valence-electron chi connectivity index (χ1n) is 31.8. The molecule has 0 saturated carbocycles. The van der Waals surface area contributed by atoms with Gasteiger partial charge in [-0.3, -0.25) is 14.4 Å². The van der Waals surface area contributed by atoms with E-state index in [1.807, 2.05) is 0 Å². The van der Waals surface area contributed by atoms with E-state index in [9.17, 15) is 14.4 Å². The maximum atomic E-state index is 12.9. The van der Waals surface area contributed by atoms with Crippen LogP contribution in [0.1, 0.15) is 329 Å². The predicted molar refractivity (Wildman–Crippen MR) is 316 cm³/mol. The van der Waals surface area contributed by atoms with Crippen LogP contribution in [0.25, 0.3) is 0 Å². The maximum Gasteiger partial charge on any atom is 0.306 e. The molecule has 0 unspecified atom stereocenters. The molecule has 1 atom stereocenters. The number of carbonyl (C=O) groups excluding carboxylic acids is 3. The summed E-state index contributed by atoms with van der Waals surface area (Å²) in [6.07, 6.45) is 77.8. The van der Waals surface area contributed by atoms with Gasteiger partial charge in [0, 0.05) is 19.3 Å². The largest absolute Gasteiger partial charge is 0.462 e. The van der Waals surface area contributed by atoms with Gasteiger partial charge in [0.15, 0.2) is 6.10 Å². The molecule has 0 radical (unpaired) electrons. The first-order valence-corrected chi connectivity index (χ1v) is 31.8. The van der Waals surface area contributed by atoms with E-state index in [-0.39, 0.29) is 31.1 Å². The van der Waals surface area contributed by atoms with E-state index in [0.717, 1.165) is 83.5 Å². The second-order valence-corrected chi connectivity index (χ2v) is 21.3. The molecule has 0 aliphatic heterocycles. The number of hydrogen-bond donors (Lipinski definition) is 0. The van der Waals surface area contributed by atoms with E-state index >= 15 is 0 Å². The molecule has 0 fully saturated rings. The Bertz CT molecular complexity index is 1310. The number of rotatable bonds is 58. The van der Waals surface area contributed by atoms with Crippen molar-refractivity contribution in [1.29, 1.82) is 0 Å². The van der Waals surface area contributed by atoms with Crippen molar-refractivity contribution in [2.24, 2.45) is 0 Å². The normalized spacial score (nSPS) is 12.4. The average molecular weight is 1020 g/mol. The molecule has 0 aliphatic carbocycles. The average Bonchev–Trinajstić information content (AvgIpc) is 3.39. The van der Waals surface area contributed by atoms with E-state index in [1.54, 1.807) is 0 Å². The summed E-state index contributed by atoms with van der Waals surface area (Å²) in [6, 6.07) is 0. The molecule has 0 N–H and O–H groups in total. The molecule has 0 amide bonds. The molecule has 0 heterocycles. The van der Waals surface area contributed by atoms with Gasteiger partial charge >= 0.3 is 17.9 Å². The highest BCUT2D eigenvalue weighted by Crippen LogP contribution is 2.16. The lowest BCUT2D eigenvalue weighted by atomic mass is 10.0. The van der Waals surface area contributed by atoms with Crippen LogP contribution in [0, 0.1) is 0 Å². The summed E-state index contributed by atoms with van der Waals surface area (Å²) in [6.45, 7) is 6.61. The van der Waals surface area contributed by atoms with Gasteiger partial charge in [0.25, 0.3) is 0 Å². The van der Waals surface area contributed by atoms with Gasteiger partial charge in [-0.1, -0.05) is 261 Å². The third kappa shape index (κ3) is 59.9. The summed E-state index contributed by atoms with van der Waals surface area (Å²) >= 11 is 0. The van der Waals surface area contributed by atoms with Crippen molar-refractivity contribution >= 4 is 17.9 Å². The fraction of sp³-hybridized carbons (Fsp3) is 0.806. The Morgan fingerprint density at radius 2 is 0.493 bits per heavy atom. The van der Waals surface area contributed by atoms with Crippen LogP contribution in [0.15, 0.2) is 60.8 Å². The van der Waals surface area contributed by atoms with Crippen LogP contribution in [0.2, 0.25) is 0 Å². The highest BCUT2D eigenvalue weighted by molar-refractivity contribution is 5.71. The van der Waals surface area contributed by atoms with Gasteiger partial charge in [0.1, 0.15) is 13.2 Å². The van der Waals surface area contributed by atoms with Gasteiger partial charge < -0.3 is 14.2 Å². The van der Waals surface area contributed by atoms with Crippen molar-refractivity contribution in [3.05, 3.63) is 60.8 Å². The molecule has 0 aromatic heterocycles. The highest BCUT2D eigenvalue weighted by Gasteiger charge is 2.19. The number of hydrogen-bond acceptors (Lipinski definition) is 6. The maximum absolute atomic E-state index is 12.9. The number of ether oxygens (including phenoxy) is 3. The molecular weight excluding hydrogens is 901 g/mol. The molecule has 6 heteroatoms. The Morgan fingerprint density at radius 1 is 0.274 bits per heavy atom. The van der Waals surface area contributed by atoms with Crippen molar-refractivity contribution in [2.45, 2.75) is 335 Å². The third-order valence-electron chi connectivity index (χ3n) is 14.0. The van der Waals surface area contributed by atoms with Crippen molar-refractivity contribution in [3.63, 3.8) is 0 Å². The van der Waals surface area contributed by atoms with Crippen LogP contribution in [-0.4, -0.2) is 37.2 Å². The molecule has 0 rings (SSSR count). The Hall–Kier alpha value is -2.89. The molecule has 6 nitrogen and oxygen atoms in total. The lowest BCUT2D eigenvalue weighted by Gasteiger charge is -2.18. The highest BCUT2D eigenvalue weighted by atomic mass is 16.6. The predicted octanol–water partition coefficient (Wildman–Crippen LogP) is 21.6. The standard InChI is InChI=1S/C67H120O6/c1-4-7-10-13-16-19-22-25-28-31-32-33-34-37-39-42-45-48-51-54-57-60-66(69)72-63-64(73-67(70)61-58-55-52-49-46-43-40-36-30-27-24-21-18-15-12-9-6-3)62-71-65(68)59-56-53-50-47-44-41-38-35-29-26-23-20-17-14-11-8-5-2/h17-18,20-21,25-30,64H,4-16,19,22-24,31-63H2,1-3H3/b20-17-,21-18-,28-25-,29-26-,30-27-/t64-/m1/s1. The molecule has 424 valence electrons. The minimum atomic E-state index is -0.783. The summed E-state index contributed by atoms with van der Waals surface area (Å²) in [7, 11) is 0. The second kappa shape index (κ2) is 61.7. The number of allylic oxidation sites excluding steroid dienone is 10. The quantitative estimate of drug-likeness (QED) is 0.0261. The summed E-state index contributed by atoms with van der Waals surface area (Å²) in [5.41, 5.74) is 0. The van der Waals surface area contributed by atoms with Crippen molar-refractivity contribution in [2.75, 3.05) is 13.2 Å². The zero-order chi connectivity index (χ0) is 52.9. The third-order valence-corrected chi connectivity index (χ3v) is 14.0. The summed E-state index contributed by atoms with van der Waals surface area (Å²) in [4.78, 5) is 38.3. The van der Waals surface area contributed by atoms with Gasteiger partial charge in [0.2, 0.25) is 0 Å². The zero-order valence-corrected chi connectivity index (χ0v) is 48.7. The lowest BCUT2D eigenvalue weighted by Crippen LogP contribution is -2.30. The van der Waals surface area contributed by atoms with Gasteiger partial charge in [-0.2, -0.15) is 0 Å². The van der Waals surface area contributed by atoms with E-state index in [1.165, 1.54) is 205 Å². The number of esters is 3. The summed E-state index contributed by atoms with van der Waals surface area (Å²) in [5, 5.41) is 0. The van der Waals surface area contributed by atoms with Crippen molar-refractivity contribution in [1.82, 2.24) is 0 Å². The summed E-state index contributed by atoms with van der Waals surface area (Å²) < 4.78 is 16.9. The molecule has 0 aliphatic rings. The lowest BCUT2D eigenvalue weighted by molar-refractivity contribution is -0.167. The first kappa shape index (κ1) is 70.1. The molecule has 0 spiro atoms. The Labute approximate surface area is 453 Å². The van der Waals surface area contributed by atoms with E-state index in [4.69, 9.17) is 14.2 Å². The van der Waals surface area contributed by atoms with Crippen LogP contribution in [0.3, 0.4) is 0 Å². The number of unbranched alkanes of at least 4 members (excludes halogenated alkanes) is 37.